The van der Waals surface area contributed by atoms with Crippen LogP contribution in [0.3, 0.4) is 0 Å². The smallest absolute Gasteiger partial charge is 0.188 e. The second-order valence-electron chi connectivity index (χ2n) is 2.89. The second-order valence-corrected chi connectivity index (χ2v) is 4.87. The van der Waals surface area contributed by atoms with Crippen molar-refractivity contribution < 1.29 is 0 Å². The van der Waals surface area contributed by atoms with Crippen molar-refractivity contribution in [3.05, 3.63) is 34.6 Å². The zero-order chi connectivity index (χ0) is 10.7. The molecule has 0 aliphatic heterocycles. The van der Waals surface area contributed by atoms with Gasteiger partial charge in [0.2, 0.25) is 0 Å². The summed E-state index contributed by atoms with van der Waals surface area (Å²) in [6.45, 7) is 0.531. The van der Waals surface area contributed by atoms with Gasteiger partial charge in [-0.3, -0.25) is 5.10 Å². The summed E-state index contributed by atoms with van der Waals surface area (Å²) in [6, 6.07) is 6.06. The molecule has 1 aromatic heterocycles. The molecule has 1 heterocycles. The van der Waals surface area contributed by atoms with Gasteiger partial charge in [0.15, 0.2) is 5.16 Å². The fourth-order valence-corrected chi connectivity index (χ4v) is 2.66. The number of halogens is 1. The average Bonchev–Trinajstić information content (AvgIpc) is 2.69. The molecule has 0 aliphatic rings. The third-order valence-corrected chi connectivity index (χ3v) is 3.09. The van der Waals surface area contributed by atoms with Crippen LogP contribution >= 0.6 is 27.7 Å². The predicted molar refractivity (Wildman–Crippen MR) is 62.5 cm³/mol. The van der Waals surface area contributed by atoms with E-state index in [0.717, 1.165) is 20.1 Å². The van der Waals surface area contributed by atoms with E-state index in [2.05, 4.69) is 31.1 Å². The maximum atomic E-state index is 5.60. The standard InChI is InChI=1S/C9H9BrN4S/c10-7-1-6(4-11)2-8(3-7)15-9-12-5-13-14-9/h1-3,5H,4,11H2,(H,12,13,14). The van der Waals surface area contributed by atoms with Crippen LogP contribution in [-0.4, -0.2) is 15.2 Å². The average molecular weight is 285 g/mol. The van der Waals surface area contributed by atoms with Gasteiger partial charge in [0.1, 0.15) is 6.33 Å². The lowest BCUT2D eigenvalue weighted by Crippen LogP contribution is -1.96. The quantitative estimate of drug-likeness (QED) is 0.907. The third kappa shape index (κ3) is 2.80. The molecule has 0 atom stereocenters. The molecule has 0 saturated carbocycles. The molecule has 0 radical (unpaired) electrons. The van der Waals surface area contributed by atoms with Crippen LogP contribution in [0.5, 0.6) is 0 Å². The van der Waals surface area contributed by atoms with Crippen LogP contribution in [0.15, 0.2) is 39.1 Å². The summed E-state index contributed by atoms with van der Waals surface area (Å²) in [5.74, 6) is 0. The van der Waals surface area contributed by atoms with Crippen LogP contribution in [0.2, 0.25) is 0 Å². The van der Waals surface area contributed by atoms with Gasteiger partial charge in [-0.25, -0.2) is 4.98 Å². The zero-order valence-electron chi connectivity index (χ0n) is 7.77. The predicted octanol–water partition coefficient (Wildman–Crippen LogP) is 2.18. The van der Waals surface area contributed by atoms with Gasteiger partial charge in [-0.2, -0.15) is 5.10 Å². The molecule has 78 valence electrons. The van der Waals surface area contributed by atoms with Gasteiger partial charge in [0.05, 0.1) is 0 Å². The molecule has 3 N–H and O–H groups in total. The molecule has 0 unspecified atom stereocenters. The summed E-state index contributed by atoms with van der Waals surface area (Å²) in [4.78, 5) is 5.13. The van der Waals surface area contributed by atoms with Crippen LogP contribution in [-0.2, 0) is 6.54 Å². The Bertz CT molecular complexity index is 443. The topological polar surface area (TPSA) is 67.6 Å². The lowest BCUT2D eigenvalue weighted by atomic mass is 10.2. The van der Waals surface area contributed by atoms with Crippen molar-refractivity contribution in [1.82, 2.24) is 15.2 Å². The lowest BCUT2D eigenvalue weighted by Gasteiger charge is -2.02. The third-order valence-electron chi connectivity index (χ3n) is 1.77. The minimum Gasteiger partial charge on any atom is -0.326 e. The molecule has 0 fully saturated rings. The minimum absolute atomic E-state index is 0.531. The van der Waals surface area contributed by atoms with E-state index in [4.69, 9.17) is 5.73 Å². The summed E-state index contributed by atoms with van der Waals surface area (Å²) >= 11 is 4.97. The van der Waals surface area contributed by atoms with Crippen molar-refractivity contribution in [2.24, 2.45) is 5.73 Å². The fourth-order valence-electron chi connectivity index (χ4n) is 1.15. The van der Waals surface area contributed by atoms with Gasteiger partial charge in [0.25, 0.3) is 0 Å². The number of aromatic amines is 1. The van der Waals surface area contributed by atoms with Crippen LogP contribution in [0.25, 0.3) is 0 Å². The number of nitrogens with one attached hydrogen (secondary N) is 1. The molecule has 6 heteroatoms. The Labute approximate surface area is 99.8 Å². The normalized spacial score (nSPS) is 10.5. The van der Waals surface area contributed by atoms with E-state index in [1.165, 1.54) is 18.1 Å². The molecular formula is C9H9BrN4S. The SMILES string of the molecule is NCc1cc(Br)cc(Sc2ncn[nH]2)c1. The molecule has 1 aromatic carbocycles. The zero-order valence-corrected chi connectivity index (χ0v) is 10.2. The van der Waals surface area contributed by atoms with Gasteiger partial charge in [-0.1, -0.05) is 27.7 Å². The fraction of sp³-hybridized carbons (Fsp3) is 0.111. The summed E-state index contributed by atoms with van der Waals surface area (Å²) in [6.07, 6.45) is 1.49. The number of nitrogens with two attached hydrogens (primary N) is 1. The molecular weight excluding hydrogens is 276 g/mol. The molecule has 2 aromatic rings. The van der Waals surface area contributed by atoms with Crippen molar-refractivity contribution in [2.45, 2.75) is 16.6 Å². The molecule has 4 nitrogen and oxygen atoms in total. The highest BCUT2D eigenvalue weighted by atomic mass is 79.9. The van der Waals surface area contributed by atoms with Crippen LogP contribution in [0.1, 0.15) is 5.56 Å². The number of hydrogen-bond acceptors (Lipinski definition) is 4. The van der Waals surface area contributed by atoms with Crippen LogP contribution in [0, 0.1) is 0 Å². The molecule has 0 aliphatic carbocycles. The van der Waals surface area contributed by atoms with Crippen molar-refractivity contribution in [3.63, 3.8) is 0 Å². The Morgan fingerprint density at radius 1 is 1.40 bits per heavy atom. The maximum Gasteiger partial charge on any atom is 0.188 e. The number of nitrogens with zero attached hydrogens (tertiary/aromatic N) is 2. The number of hydrogen-bond donors (Lipinski definition) is 2. The van der Waals surface area contributed by atoms with Crippen LogP contribution in [0.4, 0.5) is 0 Å². The van der Waals surface area contributed by atoms with E-state index < -0.39 is 0 Å². The molecule has 15 heavy (non-hydrogen) atoms. The van der Waals surface area contributed by atoms with Gasteiger partial charge < -0.3 is 5.73 Å². The number of aromatic nitrogens is 3. The summed E-state index contributed by atoms with van der Waals surface area (Å²) < 4.78 is 1.02. The molecule has 0 amide bonds. The number of rotatable bonds is 3. The largest absolute Gasteiger partial charge is 0.326 e. The lowest BCUT2D eigenvalue weighted by molar-refractivity contribution is 0.972. The number of benzene rings is 1. The van der Waals surface area contributed by atoms with Crippen molar-refractivity contribution >= 4 is 27.7 Å². The molecule has 2 rings (SSSR count). The number of H-pyrrole nitrogens is 1. The Morgan fingerprint density at radius 3 is 2.93 bits per heavy atom. The van der Waals surface area contributed by atoms with E-state index in [0.29, 0.717) is 6.54 Å². The van der Waals surface area contributed by atoms with Crippen molar-refractivity contribution in [1.29, 1.82) is 0 Å². The summed E-state index contributed by atoms with van der Waals surface area (Å²) in [5, 5.41) is 7.36. The Morgan fingerprint density at radius 2 is 2.27 bits per heavy atom. The van der Waals surface area contributed by atoms with Gasteiger partial charge >= 0.3 is 0 Å². The first-order chi connectivity index (χ1) is 7.28. The van der Waals surface area contributed by atoms with E-state index in [1.54, 1.807) is 0 Å². The van der Waals surface area contributed by atoms with Gasteiger partial charge in [0, 0.05) is 15.9 Å². The van der Waals surface area contributed by atoms with Gasteiger partial charge in [-0.05, 0) is 23.8 Å². The highest BCUT2D eigenvalue weighted by Gasteiger charge is 2.02. The maximum absolute atomic E-state index is 5.60. The monoisotopic (exact) mass is 284 g/mol. The van der Waals surface area contributed by atoms with Crippen molar-refractivity contribution in [3.8, 4) is 0 Å². The summed E-state index contributed by atoms with van der Waals surface area (Å²) in [7, 11) is 0. The first kappa shape index (κ1) is 10.7. The van der Waals surface area contributed by atoms with E-state index >= 15 is 0 Å². The molecule has 0 spiro atoms. The Balaban J connectivity index is 2.24. The Hall–Kier alpha value is -0.850. The van der Waals surface area contributed by atoms with E-state index in [9.17, 15) is 0 Å². The highest BCUT2D eigenvalue weighted by molar-refractivity contribution is 9.10. The summed E-state index contributed by atoms with van der Waals surface area (Å²) in [5.41, 5.74) is 6.68. The van der Waals surface area contributed by atoms with Crippen LogP contribution < -0.4 is 5.73 Å². The first-order valence-electron chi connectivity index (χ1n) is 4.30. The minimum atomic E-state index is 0.531. The first-order valence-corrected chi connectivity index (χ1v) is 5.91. The molecule has 0 saturated heterocycles. The molecule has 0 bridgehead atoms. The Kier molecular flexibility index (Phi) is 3.40. The highest BCUT2D eigenvalue weighted by Crippen LogP contribution is 2.27. The van der Waals surface area contributed by atoms with E-state index in [1.807, 2.05) is 18.2 Å². The van der Waals surface area contributed by atoms with Crippen molar-refractivity contribution in [2.75, 3.05) is 0 Å². The van der Waals surface area contributed by atoms with E-state index in [-0.39, 0.29) is 0 Å². The second kappa shape index (κ2) is 4.78. The van der Waals surface area contributed by atoms with Gasteiger partial charge in [-0.15, -0.1) is 0 Å².